The van der Waals surface area contributed by atoms with Crippen LogP contribution >= 0.6 is 0 Å². The fourth-order valence-corrected chi connectivity index (χ4v) is 3.29. The van der Waals surface area contributed by atoms with Gasteiger partial charge in [-0.3, -0.25) is 0 Å². The minimum absolute atomic E-state index is 0.0437. The molecule has 3 rings (SSSR count). The number of hydrogen-bond acceptors (Lipinski definition) is 10. The highest BCUT2D eigenvalue weighted by molar-refractivity contribution is 6.00. The van der Waals surface area contributed by atoms with E-state index in [0.717, 1.165) is 0 Å². The Balaban J connectivity index is 1.78. The molecule has 31 heavy (non-hydrogen) atoms. The van der Waals surface area contributed by atoms with Crippen LogP contribution in [0.2, 0.25) is 0 Å². The van der Waals surface area contributed by atoms with Crippen molar-refractivity contribution in [2.24, 2.45) is 0 Å². The third-order valence-electron chi connectivity index (χ3n) is 4.88. The Hall–Kier alpha value is -3.87. The molecule has 0 unspecified atom stereocenters. The van der Waals surface area contributed by atoms with Crippen molar-refractivity contribution in [2.75, 3.05) is 39.3 Å². The van der Waals surface area contributed by atoms with E-state index in [0.29, 0.717) is 43.4 Å². The second kappa shape index (κ2) is 9.75. The number of carbonyl (C=O) groups is 2. The van der Waals surface area contributed by atoms with E-state index in [1.165, 1.54) is 20.3 Å². The van der Waals surface area contributed by atoms with Gasteiger partial charge in [-0.2, -0.15) is 5.26 Å². The predicted molar refractivity (Wildman–Crippen MR) is 108 cm³/mol. The van der Waals surface area contributed by atoms with E-state index in [4.69, 9.17) is 18.9 Å². The zero-order chi connectivity index (χ0) is 22.4. The summed E-state index contributed by atoms with van der Waals surface area (Å²) in [5.74, 6) is 0.0375. The molecule has 0 atom stereocenters. The normalized spacial score (nSPS) is 13.8. The molecule has 0 bridgehead atoms. The molecular formula is C21H22N4O6. The van der Waals surface area contributed by atoms with Crippen LogP contribution in [0.3, 0.4) is 0 Å². The average molecular weight is 426 g/mol. The van der Waals surface area contributed by atoms with Gasteiger partial charge in [-0.25, -0.2) is 19.6 Å². The zero-order valence-corrected chi connectivity index (χ0v) is 17.5. The van der Waals surface area contributed by atoms with E-state index >= 15 is 0 Å². The van der Waals surface area contributed by atoms with Crippen LogP contribution in [-0.2, 0) is 9.47 Å². The van der Waals surface area contributed by atoms with Gasteiger partial charge in [0.15, 0.2) is 5.69 Å². The van der Waals surface area contributed by atoms with E-state index in [-0.39, 0.29) is 22.9 Å². The van der Waals surface area contributed by atoms with Crippen LogP contribution < -0.4 is 14.4 Å². The molecule has 0 aromatic carbocycles. The summed E-state index contributed by atoms with van der Waals surface area (Å²) in [4.78, 5) is 34.6. The molecule has 162 valence electrons. The number of nitriles is 1. The Bertz CT molecular complexity index is 994. The highest BCUT2D eigenvalue weighted by atomic mass is 16.5. The Morgan fingerprint density at radius 1 is 1.10 bits per heavy atom. The van der Waals surface area contributed by atoms with Gasteiger partial charge in [0.25, 0.3) is 0 Å². The number of nitrogens with zero attached hydrogens (tertiary/aromatic N) is 4. The fraction of sp³-hybridized carbons (Fsp3) is 0.381. The lowest BCUT2D eigenvalue weighted by Crippen LogP contribution is -2.39. The summed E-state index contributed by atoms with van der Waals surface area (Å²) in [6.07, 6.45) is 2.88. The topological polar surface area (TPSA) is 124 Å². The van der Waals surface area contributed by atoms with Crippen molar-refractivity contribution in [3.8, 4) is 17.7 Å². The number of aromatic nitrogens is 2. The molecule has 0 saturated carbocycles. The number of anilines is 1. The zero-order valence-electron chi connectivity index (χ0n) is 17.5. The number of esters is 2. The van der Waals surface area contributed by atoms with Crippen LogP contribution in [0.4, 0.5) is 5.82 Å². The number of rotatable bonds is 6. The van der Waals surface area contributed by atoms with Crippen LogP contribution in [0.25, 0.3) is 0 Å². The van der Waals surface area contributed by atoms with Gasteiger partial charge >= 0.3 is 11.9 Å². The fourth-order valence-electron chi connectivity index (χ4n) is 3.29. The number of hydrogen-bond donors (Lipinski definition) is 0. The first-order valence-corrected chi connectivity index (χ1v) is 9.54. The largest absolute Gasteiger partial charge is 0.489 e. The maximum Gasteiger partial charge on any atom is 0.341 e. The molecule has 1 fully saturated rings. The van der Waals surface area contributed by atoms with E-state index in [1.54, 1.807) is 25.4 Å². The predicted octanol–water partition coefficient (Wildman–Crippen LogP) is 1.98. The Morgan fingerprint density at radius 3 is 2.32 bits per heavy atom. The molecule has 0 radical (unpaired) electrons. The van der Waals surface area contributed by atoms with Gasteiger partial charge in [-0.15, -0.1) is 0 Å². The molecule has 1 aliphatic rings. The van der Waals surface area contributed by atoms with Crippen molar-refractivity contribution in [3.05, 3.63) is 41.2 Å². The van der Waals surface area contributed by atoms with Crippen molar-refractivity contribution in [1.29, 1.82) is 5.26 Å². The molecular weight excluding hydrogens is 404 g/mol. The minimum Gasteiger partial charge on any atom is -0.489 e. The van der Waals surface area contributed by atoms with Gasteiger partial charge < -0.3 is 23.8 Å². The lowest BCUT2D eigenvalue weighted by molar-refractivity contribution is 0.0598. The molecule has 1 saturated heterocycles. The van der Waals surface area contributed by atoms with Crippen LogP contribution in [0.1, 0.15) is 39.3 Å². The van der Waals surface area contributed by atoms with Crippen LogP contribution in [0.5, 0.6) is 11.6 Å². The van der Waals surface area contributed by atoms with Crippen molar-refractivity contribution in [2.45, 2.75) is 18.9 Å². The maximum atomic E-state index is 12.3. The summed E-state index contributed by atoms with van der Waals surface area (Å²) < 4.78 is 20.6. The van der Waals surface area contributed by atoms with Crippen molar-refractivity contribution in [3.63, 3.8) is 0 Å². The first kappa shape index (κ1) is 21.8. The number of carbonyl (C=O) groups excluding carboxylic acids is 2. The molecule has 0 N–H and O–H groups in total. The Morgan fingerprint density at radius 2 is 1.77 bits per heavy atom. The molecule has 0 spiro atoms. The summed E-state index contributed by atoms with van der Waals surface area (Å²) in [6, 6.07) is 6.71. The first-order valence-electron chi connectivity index (χ1n) is 9.54. The van der Waals surface area contributed by atoms with E-state index < -0.39 is 11.9 Å². The first-order chi connectivity index (χ1) is 15.0. The van der Waals surface area contributed by atoms with Crippen molar-refractivity contribution < 1.29 is 28.5 Å². The average Bonchev–Trinajstić information content (AvgIpc) is 2.83. The number of ether oxygens (including phenoxy) is 4. The lowest BCUT2D eigenvalue weighted by atomic mass is 10.0. The summed E-state index contributed by atoms with van der Waals surface area (Å²) in [5.41, 5.74) is -0.0998. The Labute approximate surface area is 179 Å². The molecule has 0 amide bonds. The Kier molecular flexibility index (Phi) is 6.87. The molecule has 1 aliphatic heterocycles. The summed E-state index contributed by atoms with van der Waals surface area (Å²) >= 11 is 0. The van der Waals surface area contributed by atoms with Gasteiger partial charge in [-0.05, 0) is 12.1 Å². The highest BCUT2D eigenvalue weighted by Crippen LogP contribution is 2.27. The quantitative estimate of drug-likeness (QED) is 0.633. The molecule has 0 aliphatic carbocycles. The summed E-state index contributed by atoms with van der Waals surface area (Å²) in [7, 11) is 3.98. The van der Waals surface area contributed by atoms with Crippen LogP contribution in [-0.4, -0.2) is 62.4 Å². The molecule has 10 nitrogen and oxygen atoms in total. The maximum absolute atomic E-state index is 12.3. The van der Waals surface area contributed by atoms with Gasteiger partial charge in [0.1, 0.15) is 29.3 Å². The molecule has 10 heteroatoms. The standard InChI is InChI=1S/C21H22N4O6/c1-28-18-5-4-14(12-23-18)31-13-6-8-25(9-7-13)19-16(21(27)30-3)10-15(20(26)29-2)17(11-22)24-19/h4-5,10,12-13H,6-9H2,1-3H3. The number of piperidine rings is 1. The van der Waals surface area contributed by atoms with Gasteiger partial charge in [0.2, 0.25) is 5.88 Å². The molecule has 2 aromatic rings. The van der Waals surface area contributed by atoms with Crippen molar-refractivity contribution >= 4 is 17.8 Å². The summed E-state index contributed by atoms with van der Waals surface area (Å²) in [6.45, 7) is 1.07. The third kappa shape index (κ3) is 4.83. The van der Waals surface area contributed by atoms with Gasteiger partial charge in [-0.1, -0.05) is 0 Å². The van der Waals surface area contributed by atoms with E-state index in [2.05, 4.69) is 9.97 Å². The van der Waals surface area contributed by atoms with Gasteiger partial charge in [0, 0.05) is 32.0 Å². The molecule has 2 aromatic heterocycles. The monoisotopic (exact) mass is 426 g/mol. The third-order valence-corrected chi connectivity index (χ3v) is 4.88. The van der Waals surface area contributed by atoms with E-state index in [1.807, 2.05) is 11.0 Å². The highest BCUT2D eigenvalue weighted by Gasteiger charge is 2.28. The number of pyridine rings is 2. The number of methoxy groups -OCH3 is 3. The molecule has 3 heterocycles. The smallest absolute Gasteiger partial charge is 0.341 e. The van der Waals surface area contributed by atoms with Crippen molar-refractivity contribution in [1.82, 2.24) is 9.97 Å². The lowest BCUT2D eigenvalue weighted by Gasteiger charge is -2.33. The van der Waals surface area contributed by atoms with Crippen LogP contribution in [0.15, 0.2) is 24.4 Å². The SMILES string of the molecule is COC(=O)c1cc(C(=O)OC)c(N2CCC(Oc3ccc(OC)nc3)CC2)nc1C#N. The van der Waals surface area contributed by atoms with Gasteiger partial charge in [0.05, 0.1) is 33.1 Å². The minimum atomic E-state index is -0.749. The second-order valence-electron chi connectivity index (χ2n) is 6.69. The summed E-state index contributed by atoms with van der Waals surface area (Å²) in [5, 5.41) is 9.43. The van der Waals surface area contributed by atoms with E-state index in [9.17, 15) is 14.9 Å². The van der Waals surface area contributed by atoms with Crippen LogP contribution in [0, 0.1) is 11.3 Å². The second-order valence-corrected chi connectivity index (χ2v) is 6.69.